The van der Waals surface area contributed by atoms with Crippen molar-refractivity contribution in [3.05, 3.63) is 138 Å². The van der Waals surface area contributed by atoms with Gasteiger partial charge in [0.2, 0.25) is 6.71 Å². The Morgan fingerprint density at radius 1 is 0.786 bits per heavy atom. The van der Waals surface area contributed by atoms with Gasteiger partial charge in [-0.15, -0.1) is 0 Å². The van der Waals surface area contributed by atoms with Crippen molar-refractivity contribution in [2.24, 2.45) is 11.3 Å². The van der Waals surface area contributed by atoms with Gasteiger partial charge in [-0.1, -0.05) is 116 Å². The monoisotopic (exact) mass is 544 g/mol. The smallest absolute Gasteiger partial charge is 0.226 e. The molecule has 0 spiro atoms. The Balaban J connectivity index is 1.33. The van der Waals surface area contributed by atoms with Gasteiger partial charge in [0, 0.05) is 34.5 Å². The van der Waals surface area contributed by atoms with Crippen LogP contribution in [0.15, 0.2) is 133 Å². The van der Waals surface area contributed by atoms with Gasteiger partial charge in [0.25, 0.3) is 0 Å². The van der Waals surface area contributed by atoms with Crippen LogP contribution in [0.4, 0.5) is 17.1 Å². The number of para-hydroxylation sites is 3. The van der Waals surface area contributed by atoms with E-state index in [9.17, 15) is 0 Å². The zero-order valence-electron chi connectivity index (χ0n) is 24.5. The van der Waals surface area contributed by atoms with Crippen molar-refractivity contribution in [3.63, 3.8) is 0 Å². The quantitative estimate of drug-likeness (QED) is 0.245. The summed E-state index contributed by atoms with van der Waals surface area (Å²) in [4.78, 5) is 5.43. The molecule has 5 atom stereocenters. The number of rotatable bonds is 3. The molecule has 3 aliphatic heterocycles. The maximum Gasteiger partial charge on any atom is 0.226 e. The molecule has 0 saturated carbocycles. The van der Waals surface area contributed by atoms with E-state index in [1.807, 2.05) is 0 Å². The highest BCUT2D eigenvalue weighted by Gasteiger charge is 2.56. The van der Waals surface area contributed by atoms with Crippen molar-refractivity contribution in [1.82, 2.24) is 0 Å². The van der Waals surface area contributed by atoms with Crippen LogP contribution < -0.4 is 20.7 Å². The molecule has 3 aromatic rings. The molecule has 0 radical (unpaired) electrons. The zero-order chi connectivity index (χ0) is 28.0. The van der Waals surface area contributed by atoms with E-state index in [1.54, 1.807) is 0 Å². The van der Waals surface area contributed by atoms with Crippen LogP contribution >= 0.6 is 0 Å². The molecule has 42 heavy (non-hydrogen) atoms. The second-order valence-electron chi connectivity index (χ2n) is 13.6. The van der Waals surface area contributed by atoms with Crippen molar-refractivity contribution in [1.29, 1.82) is 0 Å². The minimum Gasteiger partial charge on any atom is -0.338 e. The summed E-state index contributed by atoms with van der Waals surface area (Å²) in [6.45, 7) is 5.36. The molecule has 5 unspecified atom stereocenters. The van der Waals surface area contributed by atoms with Crippen molar-refractivity contribution < 1.29 is 0 Å². The van der Waals surface area contributed by atoms with Crippen LogP contribution in [0.3, 0.4) is 0 Å². The molecule has 3 heteroatoms. The van der Waals surface area contributed by atoms with E-state index in [-0.39, 0.29) is 11.5 Å². The Morgan fingerprint density at radius 3 is 2.45 bits per heavy atom. The first-order valence-corrected chi connectivity index (χ1v) is 15.9. The van der Waals surface area contributed by atoms with Gasteiger partial charge in [-0.2, -0.15) is 0 Å². The molecule has 6 aliphatic rings. The molecule has 3 heterocycles. The lowest BCUT2D eigenvalue weighted by molar-refractivity contribution is 0.248. The van der Waals surface area contributed by atoms with Crippen molar-refractivity contribution in [3.8, 4) is 0 Å². The third kappa shape index (κ3) is 3.28. The van der Waals surface area contributed by atoms with Gasteiger partial charge in [-0.25, -0.2) is 0 Å². The Labute approximate surface area is 250 Å². The van der Waals surface area contributed by atoms with Gasteiger partial charge in [0.15, 0.2) is 0 Å². The molecule has 2 nitrogen and oxygen atoms in total. The molecule has 0 amide bonds. The predicted octanol–water partition coefficient (Wildman–Crippen LogP) is 7.80. The molecule has 9 rings (SSSR count). The Kier molecular flexibility index (Phi) is 5.28. The summed E-state index contributed by atoms with van der Waals surface area (Å²) in [7, 11) is 0. The Bertz CT molecular complexity index is 1740. The lowest BCUT2D eigenvalue weighted by Gasteiger charge is -2.54. The number of nitrogens with zero attached hydrogens (tertiary/aromatic N) is 2. The fraction of sp³-hybridized carbons (Fsp3) is 0.282. The van der Waals surface area contributed by atoms with E-state index < -0.39 is 0 Å². The van der Waals surface area contributed by atoms with Crippen molar-refractivity contribution >= 4 is 34.7 Å². The van der Waals surface area contributed by atoms with Crippen LogP contribution in [0.1, 0.15) is 44.6 Å². The van der Waals surface area contributed by atoms with Crippen LogP contribution in [0, 0.1) is 11.3 Å². The van der Waals surface area contributed by atoms with Crippen LogP contribution in [0.25, 0.3) is 0 Å². The van der Waals surface area contributed by atoms with Crippen LogP contribution in [0.5, 0.6) is 0 Å². The van der Waals surface area contributed by atoms with Crippen LogP contribution in [-0.2, 0) is 0 Å². The van der Waals surface area contributed by atoms with Crippen LogP contribution in [-0.4, -0.2) is 18.8 Å². The average Bonchev–Trinajstić information content (AvgIpc) is 3.39. The largest absolute Gasteiger partial charge is 0.338 e. The normalized spacial score (nSPS) is 28.0. The topological polar surface area (TPSA) is 6.48 Å². The molecular weight excluding hydrogens is 507 g/mol. The SMILES string of the molecule is CC(C)(C1=CC2C3B(c4ccccc4N2c2ccccc2)c2cccc4c2N(C3=C1)C1C=CC=CC41)C1CC=CCC1. The zero-order valence-corrected chi connectivity index (χ0v) is 24.5. The molecule has 3 aromatic carbocycles. The lowest BCUT2D eigenvalue weighted by atomic mass is 9.28. The van der Waals surface area contributed by atoms with Gasteiger partial charge >= 0.3 is 0 Å². The molecule has 0 saturated heterocycles. The highest BCUT2D eigenvalue weighted by Crippen LogP contribution is 2.57. The third-order valence-corrected chi connectivity index (χ3v) is 11.3. The van der Waals surface area contributed by atoms with E-state index in [0.717, 1.165) is 0 Å². The number of fused-ring (bicyclic) bond motifs is 7. The summed E-state index contributed by atoms with van der Waals surface area (Å²) in [5, 5.41) is 0. The van der Waals surface area contributed by atoms with Crippen LogP contribution in [0.2, 0.25) is 5.82 Å². The first-order valence-electron chi connectivity index (χ1n) is 15.9. The van der Waals surface area contributed by atoms with Gasteiger partial charge in [-0.3, -0.25) is 0 Å². The number of anilines is 3. The van der Waals surface area contributed by atoms with Crippen molar-refractivity contribution in [2.75, 3.05) is 9.80 Å². The number of hydrogen-bond donors (Lipinski definition) is 0. The molecule has 0 fully saturated rings. The summed E-state index contributed by atoms with van der Waals surface area (Å²) in [5.74, 6) is 1.39. The minimum atomic E-state index is 0.0821. The molecule has 0 N–H and O–H groups in total. The highest BCUT2D eigenvalue weighted by atomic mass is 15.2. The van der Waals surface area contributed by atoms with Crippen molar-refractivity contribution in [2.45, 2.75) is 56.9 Å². The summed E-state index contributed by atoms with van der Waals surface area (Å²) in [6, 6.07) is 28.1. The summed E-state index contributed by atoms with van der Waals surface area (Å²) in [6.07, 6.45) is 23.2. The standard InChI is InChI=1S/C39H37BN2/c1-39(2,26-14-5-3-6-15-26)27-24-35-37-36(25-27)42-33-22-11-9-18-29(33)30-19-13-21-32(38(30)42)40(37)31-20-10-12-23-34(31)41(35)28-16-7-4-8-17-28/h3-5,7-13,16-26,29,33,35,37H,6,14-15H2,1-2H3. The Hall–Kier alpha value is -3.98. The third-order valence-electron chi connectivity index (χ3n) is 11.3. The van der Waals surface area contributed by atoms with E-state index >= 15 is 0 Å². The summed E-state index contributed by atoms with van der Waals surface area (Å²) >= 11 is 0. The Morgan fingerprint density at radius 2 is 1.60 bits per heavy atom. The minimum absolute atomic E-state index is 0.0821. The fourth-order valence-corrected chi connectivity index (χ4v) is 9.23. The van der Waals surface area contributed by atoms with Gasteiger partial charge < -0.3 is 9.80 Å². The fourth-order valence-electron chi connectivity index (χ4n) is 9.23. The lowest BCUT2D eigenvalue weighted by Crippen LogP contribution is -2.64. The predicted molar refractivity (Wildman–Crippen MR) is 178 cm³/mol. The first-order chi connectivity index (χ1) is 20.6. The van der Waals surface area contributed by atoms with Gasteiger partial charge in [-0.05, 0) is 71.5 Å². The molecule has 0 bridgehead atoms. The maximum atomic E-state index is 2.77. The van der Waals surface area contributed by atoms with E-state index in [1.165, 1.54) is 64.1 Å². The average molecular weight is 545 g/mol. The van der Waals surface area contributed by atoms with E-state index in [0.29, 0.717) is 30.4 Å². The molecule has 3 aliphatic carbocycles. The first kappa shape index (κ1) is 24.6. The number of hydrogen-bond acceptors (Lipinski definition) is 2. The number of benzene rings is 3. The summed E-state index contributed by atoms with van der Waals surface area (Å²) in [5.41, 5.74) is 11.7. The number of allylic oxidation sites excluding steroid dienone is 6. The van der Waals surface area contributed by atoms with Gasteiger partial charge in [0.1, 0.15) is 0 Å². The summed E-state index contributed by atoms with van der Waals surface area (Å²) < 4.78 is 0. The second-order valence-corrected chi connectivity index (χ2v) is 13.6. The van der Waals surface area contributed by atoms with E-state index in [4.69, 9.17) is 0 Å². The molecule has 206 valence electrons. The maximum absolute atomic E-state index is 2.77. The van der Waals surface area contributed by atoms with Gasteiger partial charge in [0.05, 0.1) is 12.1 Å². The highest BCUT2D eigenvalue weighted by molar-refractivity contribution is 6.90. The second kappa shape index (κ2) is 9.01. The molecule has 0 aromatic heterocycles. The molecular formula is C39H37BN2. The van der Waals surface area contributed by atoms with E-state index in [2.05, 4.69) is 145 Å².